The molecule has 2 fully saturated rings. The summed E-state index contributed by atoms with van der Waals surface area (Å²) in [5.74, 6) is 0.216. The Hall–Kier alpha value is -0.610. The lowest BCUT2D eigenvalue weighted by atomic mass is 10.1. The molecular formula is C10H18N2O2. The summed E-state index contributed by atoms with van der Waals surface area (Å²) in [6, 6.07) is 0.252. The van der Waals surface area contributed by atoms with Crippen molar-refractivity contribution in [2.24, 2.45) is 0 Å². The third kappa shape index (κ3) is 1.42. The number of likely N-dealkylation sites (N-methyl/N-ethyl adjacent to an activating group) is 1. The average Bonchev–Trinajstić information content (AvgIpc) is 2.62. The molecular weight excluding hydrogens is 180 g/mol. The quantitative estimate of drug-likeness (QED) is 0.695. The number of carbonyl (C=O) groups excluding carboxylic acids is 1. The van der Waals surface area contributed by atoms with Gasteiger partial charge in [-0.1, -0.05) is 6.92 Å². The highest BCUT2D eigenvalue weighted by Crippen LogP contribution is 2.30. The van der Waals surface area contributed by atoms with Crippen LogP contribution in [0.5, 0.6) is 0 Å². The summed E-state index contributed by atoms with van der Waals surface area (Å²) in [5, 5.41) is 2.99. The lowest BCUT2D eigenvalue weighted by Crippen LogP contribution is -2.57. The molecule has 2 rings (SSSR count). The van der Waals surface area contributed by atoms with Gasteiger partial charge in [-0.3, -0.25) is 4.79 Å². The first-order valence-electron chi connectivity index (χ1n) is 5.39. The Morgan fingerprint density at radius 1 is 1.57 bits per heavy atom. The van der Waals surface area contributed by atoms with Crippen LogP contribution in [0.15, 0.2) is 0 Å². The summed E-state index contributed by atoms with van der Waals surface area (Å²) in [7, 11) is 1.81. The van der Waals surface area contributed by atoms with E-state index >= 15 is 0 Å². The molecule has 2 saturated heterocycles. The van der Waals surface area contributed by atoms with Crippen molar-refractivity contribution in [2.45, 2.75) is 44.5 Å². The van der Waals surface area contributed by atoms with Crippen LogP contribution < -0.4 is 5.32 Å². The highest BCUT2D eigenvalue weighted by Gasteiger charge is 2.42. The molecule has 3 unspecified atom stereocenters. The van der Waals surface area contributed by atoms with Crippen LogP contribution >= 0.6 is 0 Å². The standard InChI is InChI=1S/C10H18N2O2/c1-3-7-4-5-9-12(7)10(13)8(11-2)6-14-9/h7-9,11H,3-6H2,1-2H3. The minimum Gasteiger partial charge on any atom is -0.356 e. The van der Waals surface area contributed by atoms with E-state index in [1.54, 1.807) is 0 Å². The topological polar surface area (TPSA) is 41.6 Å². The van der Waals surface area contributed by atoms with Gasteiger partial charge in [0.05, 0.1) is 6.61 Å². The lowest BCUT2D eigenvalue weighted by molar-refractivity contribution is -0.162. The van der Waals surface area contributed by atoms with Crippen LogP contribution in [0, 0.1) is 0 Å². The summed E-state index contributed by atoms with van der Waals surface area (Å²) in [4.78, 5) is 13.9. The molecule has 0 radical (unpaired) electrons. The van der Waals surface area contributed by atoms with E-state index in [1.165, 1.54) is 0 Å². The number of fused-ring (bicyclic) bond motifs is 1. The Morgan fingerprint density at radius 3 is 3.00 bits per heavy atom. The number of hydrogen-bond donors (Lipinski definition) is 1. The molecule has 80 valence electrons. The minimum atomic E-state index is -0.140. The molecule has 2 aliphatic rings. The van der Waals surface area contributed by atoms with Gasteiger partial charge in [-0.25, -0.2) is 0 Å². The van der Waals surface area contributed by atoms with Crippen molar-refractivity contribution in [2.75, 3.05) is 13.7 Å². The fourth-order valence-electron chi connectivity index (χ4n) is 2.40. The van der Waals surface area contributed by atoms with Gasteiger partial charge in [0, 0.05) is 6.04 Å². The van der Waals surface area contributed by atoms with E-state index in [9.17, 15) is 4.79 Å². The number of ether oxygens (including phenoxy) is 1. The largest absolute Gasteiger partial charge is 0.356 e. The maximum atomic E-state index is 12.0. The molecule has 0 aromatic rings. The second-order valence-corrected chi connectivity index (χ2v) is 4.01. The maximum absolute atomic E-state index is 12.0. The maximum Gasteiger partial charge on any atom is 0.244 e. The first-order chi connectivity index (χ1) is 6.77. The second kappa shape index (κ2) is 3.87. The molecule has 1 amide bonds. The van der Waals surface area contributed by atoms with Crippen molar-refractivity contribution < 1.29 is 9.53 Å². The molecule has 3 atom stereocenters. The number of nitrogens with zero attached hydrogens (tertiary/aromatic N) is 1. The number of rotatable bonds is 2. The summed E-state index contributed by atoms with van der Waals surface area (Å²) in [6.07, 6.45) is 3.17. The molecule has 4 heteroatoms. The molecule has 0 aliphatic carbocycles. The van der Waals surface area contributed by atoms with Crippen molar-refractivity contribution in [3.05, 3.63) is 0 Å². The monoisotopic (exact) mass is 198 g/mol. The van der Waals surface area contributed by atoms with Crippen LogP contribution in [0.2, 0.25) is 0 Å². The predicted octanol–water partition coefficient (Wildman–Crippen LogP) is 0.332. The van der Waals surface area contributed by atoms with Crippen LogP contribution in [0.4, 0.5) is 0 Å². The van der Waals surface area contributed by atoms with E-state index in [0.29, 0.717) is 12.6 Å². The van der Waals surface area contributed by atoms with Gasteiger partial charge in [-0.2, -0.15) is 0 Å². The Bertz CT molecular complexity index is 226. The smallest absolute Gasteiger partial charge is 0.244 e. The van der Waals surface area contributed by atoms with E-state index in [0.717, 1.165) is 19.3 Å². The van der Waals surface area contributed by atoms with Crippen molar-refractivity contribution in [1.29, 1.82) is 0 Å². The van der Waals surface area contributed by atoms with Gasteiger partial charge in [0.25, 0.3) is 0 Å². The zero-order chi connectivity index (χ0) is 10.1. The fraction of sp³-hybridized carbons (Fsp3) is 0.900. The van der Waals surface area contributed by atoms with Gasteiger partial charge in [0.15, 0.2) is 0 Å². The SMILES string of the molecule is CCC1CCC2OCC(NC)C(=O)N12. The van der Waals surface area contributed by atoms with Gasteiger partial charge in [0.1, 0.15) is 12.3 Å². The normalized spacial score (nSPS) is 37.4. The van der Waals surface area contributed by atoms with Crippen molar-refractivity contribution in [1.82, 2.24) is 10.2 Å². The van der Waals surface area contributed by atoms with Gasteiger partial charge in [-0.15, -0.1) is 0 Å². The third-order valence-corrected chi connectivity index (χ3v) is 3.28. The number of hydrogen-bond acceptors (Lipinski definition) is 3. The highest BCUT2D eigenvalue weighted by atomic mass is 16.5. The van der Waals surface area contributed by atoms with Crippen molar-refractivity contribution >= 4 is 5.91 Å². The molecule has 0 bridgehead atoms. The Balaban J connectivity index is 2.12. The van der Waals surface area contributed by atoms with Crippen LogP contribution in [0.3, 0.4) is 0 Å². The summed E-state index contributed by atoms with van der Waals surface area (Å²) in [5.41, 5.74) is 0. The summed E-state index contributed by atoms with van der Waals surface area (Å²) < 4.78 is 5.65. The van der Waals surface area contributed by atoms with Gasteiger partial charge >= 0.3 is 0 Å². The Kier molecular flexibility index (Phi) is 2.74. The molecule has 0 aromatic heterocycles. The van der Waals surface area contributed by atoms with E-state index in [-0.39, 0.29) is 18.2 Å². The molecule has 0 aromatic carbocycles. The van der Waals surface area contributed by atoms with E-state index in [2.05, 4.69) is 12.2 Å². The van der Waals surface area contributed by atoms with Gasteiger partial charge < -0.3 is 15.0 Å². The summed E-state index contributed by atoms with van der Waals surface area (Å²) in [6.45, 7) is 2.65. The van der Waals surface area contributed by atoms with Gasteiger partial charge in [0.2, 0.25) is 5.91 Å². The van der Waals surface area contributed by atoms with E-state index in [1.807, 2.05) is 11.9 Å². The molecule has 2 aliphatic heterocycles. The highest BCUT2D eigenvalue weighted by molar-refractivity contribution is 5.83. The first-order valence-corrected chi connectivity index (χ1v) is 5.39. The summed E-state index contributed by atoms with van der Waals surface area (Å²) >= 11 is 0. The number of nitrogens with one attached hydrogen (secondary N) is 1. The average molecular weight is 198 g/mol. The Morgan fingerprint density at radius 2 is 2.36 bits per heavy atom. The second-order valence-electron chi connectivity index (χ2n) is 4.01. The minimum absolute atomic E-state index is 0.0528. The molecule has 0 saturated carbocycles. The number of carbonyl (C=O) groups is 1. The zero-order valence-corrected chi connectivity index (χ0v) is 8.82. The fourth-order valence-corrected chi connectivity index (χ4v) is 2.40. The Labute approximate surface area is 84.6 Å². The van der Waals surface area contributed by atoms with Crippen LogP contribution in [0.25, 0.3) is 0 Å². The lowest BCUT2D eigenvalue weighted by Gasteiger charge is -2.37. The zero-order valence-electron chi connectivity index (χ0n) is 8.82. The molecule has 14 heavy (non-hydrogen) atoms. The number of amides is 1. The van der Waals surface area contributed by atoms with Crippen molar-refractivity contribution in [3.8, 4) is 0 Å². The van der Waals surface area contributed by atoms with Crippen molar-refractivity contribution in [3.63, 3.8) is 0 Å². The van der Waals surface area contributed by atoms with Crippen LogP contribution in [0.1, 0.15) is 26.2 Å². The van der Waals surface area contributed by atoms with E-state index < -0.39 is 0 Å². The molecule has 0 spiro atoms. The molecule has 4 nitrogen and oxygen atoms in total. The molecule has 1 N–H and O–H groups in total. The van der Waals surface area contributed by atoms with Crippen LogP contribution in [-0.2, 0) is 9.53 Å². The van der Waals surface area contributed by atoms with Gasteiger partial charge in [-0.05, 0) is 26.3 Å². The first kappa shape index (κ1) is 9.93. The third-order valence-electron chi connectivity index (χ3n) is 3.28. The predicted molar refractivity (Wildman–Crippen MR) is 52.7 cm³/mol. The van der Waals surface area contributed by atoms with E-state index in [4.69, 9.17) is 4.74 Å². The van der Waals surface area contributed by atoms with Crippen LogP contribution in [-0.4, -0.2) is 42.8 Å². The molecule has 2 heterocycles.